The van der Waals surface area contributed by atoms with Gasteiger partial charge in [-0.3, -0.25) is 0 Å². The monoisotopic (exact) mass is 293 g/mol. The Morgan fingerprint density at radius 1 is 1.33 bits per heavy atom. The molecule has 1 aromatic carbocycles. The summed E-state index contributed by atoms with van der Waals surface area (Å²) in [5, 5.41) is 12.3. The molecule has 2 atom stereocenters. The summed E-state index contributed by atoms with van der Waals surface area (Å²) in [5.41, 5.74) is 0.435. The van der Waals surface area contributed by atoms with Gasteiger partial charge < -0.3 is 10.4 Å². The molecular formula is C17H24FNO2. The molecule has 1 aliphatic carbocycles. The molecule has 0 saturated heterocycles. The molecule has 3 nitrogen and oxygen atoms in total. The van der Waals surface area contributed by atoms with Crippen molar-refractivity contribution in [3.63, 3.8) is 0 Å². The highest BCUT2D eigenvalue weighted by Crippen LogP contribution is 2.28. The molecule has 2 rings (SSSR count). The number of nitrogens with one attached hydrogen (secondary N) is 1. The van der Waals surface area contributed by atoms with Crippen molar-refractivity contribution < 1.29 is 14.3 Å². The summed E-state index contributed by atoms with van der Waals surface area (Å²) in [4.78, 5) is 11.0. The number of benzene rings is 1. The molecule has 0 aliphatic heterocycles. The molecule has 1 saturated carbocycles. The Morgan fingerprint density at radius 2 is 2.14 bits per heavy atom. The zero-order valence-corrected chi connectivity index (χ0v) is 12.6. The lowest BCUT2D eigenvalue weighted by Gasteiger charge is -2.18. The average Bonchev–Trinajstić information content (AvgIpc) is 2.67. The predicted molar refractivity (Wildman–Crippen MR) is 82.3 cm³/mol. The Morgan fingerprint density at radius 3 is 2.86 bits per heavy atom. The van der Waals surface area contributed by atoms with Gasteiger partial charge in [0.2, 0.25) is 0 Å². The van der Waals surface area contributed by atoms with Crippen LogP contribution in [0.5, 0.6) is 0 Å². The minimum atomic E-state index is -1.22. The normalized spacial score (nSPS) is 22.6. The number of halogens is 1. The topological polar surface area (TPSA) is 49.3 Å². The molecule has 0 aromatic heterocycles. The molecule has 0 radical (unpaired) electrons. The van der Waals surface area contributed by atoms with Gasteiger partial charge in [-0.15, -0.1) is 0 Å². The molecule has 0 heterocycles. The molecule has 2 unspecified atom stereocenters. The molecule has 0 amide bonds. The molecule has 2 N–H and O–H groups in total. The van der Waals surface area contributed by atoms with E-state index in [1.807, 2.05) is 0 Å². The van der Waals surface area contributed by atoms with Crippen molar-refractivity contribution in [1.29, 1.82) is 0 Å². The molecule has 1 aliphatic rings. The maximum atomic E-state index is 13.4. The summed E-state index contributed by atoms with van der Waals surface area (Å²) < 4.78 is 13.4. The number of rotatable bonds is 5. The van der Waals surface area contributed by atoms with Crippen molar-refractivity contribution in [1.82, 2.24) is 0 Å². The molecule has 1 fully saturated rings. The van der Waals surface area contributed by atoms with E-state index >= 15 is 0 Å². The van der Waals surface area contributed by atoms with Crippen LogP contribution in [0, 0.1) is 11.7 Å². The summed E-state index contributed by atoms with van der Waals surface area (Å²) in [6, 6.07) is 4.60. The van der Waals surface area contributed by atoms with Crippen molar-refractivity contribution in [2.75, 3.05) is 5.32 Å². The number of carbonyl (C=O) groups is 1. The van der Waals surface area contributed by atoms with Crippen molar-refractivity contribution in [3.8, 4) is 0 Å². The first-order chi connectivity index (χ1) is 10.1. The maximum absolute atomic E-state index is 13.4. The van der Waals surface area contributed by atoms with Crippen LogP contribution in [0.2, 0.25) is 0 Å². The third-order valence-corrected chi connectivity index (χ3v) is 4.35. The van der Waals surface area contributed by atoms with E-state index in [1.165, 1.54) is 44.2 Å². The zero-order valence-electron chi connectivity index (χ0n) is 12.6. The first-order valence-electron chi connectivity index (χ1n) is 7.89. The fraction of sp³-hybridized carbons (Fsp3) is 0.588. The van der Waals surface area contributed by atoms with Crippen LogP contribution in [-0.4, -0.2) is 17.1 Å². The van der Waals surface area contributed by atoms with Gasteiger partial charge in [0.25, 0.3) is 0 Å². The summed E-state index contributed by atoms with van der Waals surface area (Å²) in [7, 11) is 0. The summed E-state index contributed by atoms with van der Waals surface area (Å²) in [6.07, 6.45) is 8.45. The lowest BCUT2D eigenvalue weighted by Crippen LogP contribution is -2.19. The summed E-state index contributed by atoms with van der Waals surface area (Å²) in [6.45, 7) is 2.23. The molecule has 0 bridgehead atoms. The van der Waals surface area contributed by atoms with E-state index in [2.05, 4.69) is 12.2 Å². The van der Waals surface area contributed by atoms with Crippen LogP contribution in [0.15, 0.2) is 18.2 Å². The number of carboxylic acids is 1. The molecule has 4 heteroatoms. The molecule has 0 spiro atoms. The average molecular weight is 293 g/mol. The van der Waals surface area contributed by atoms with Gasteiger partial charge in [0.15, 0.2) is 0 Å². The van der Waals surface area contributed by atoms with Crippen molar-refractivity contribution in [2.45, 2.75) is 57.9 Å². The second kappa shape index (κ2) is 7.43. The Hall–Kier alpha value is -1.58. The molecule has 1 aromatic rings. The third kappa shape index (κ3) is 4.45. The highest BCUT2D eigenvalue weighted by Gasteiger charge is 2.19. The lowest BCUT2D eigenvalue weighted by molar-refractivity contribution is 0.0692. The first kappa shape index (κ1) is 15.8. The third-order valence-electron chi connectivity index (χ3n) is 4.35. The van der Waals surface area contributed by atoms with Crippen molar-refractivity contribution in [3.05, 3.63) is 29.6 Å². The first-order valence-corrected chi connectivity index (χ1v) is 7.89. The number of hydrogen-bond acceptors (Lipinski definition) is 2. The van der Waals surface area contributed by atoms with Gasteiger partial charge in [0.1, 0.15) is 5.82 Å². The number of anilines is 1. The van der Waals surface area contributed by atoms with Gasteiger partial charge in [-0.1, -0.05) is 32.6 Å². The van der Waals surface area contributed by atoms with Crippen LogP contribution >= 0.6 is 0 Å². The molecular weight excluding hydrogens is 269 g/mol. The predicted octanol–water partition coefficient (Wildman–Crippen LogP) is 4.68. The van der Waals surface area contributed by atoms with Crippen LogP contribution < -0.4 is 5.32 Å². The van der Waals surface area contributed by atoms with Crippen molar-refractivity contribution >= 4 is 11.7 Å². The van der Waals surface area contributed by atoms with E-state index < -0.39 is 11.8 Å². The molecule has 116 valence electrons. The largest absolute Gasteiger partial charge is 0.478 e. The van der Waals surface area contributed by atoms with Gasteiger partial charge in [0.05, 0.1) is 5.56 Å². The smallest absolute Gasteiger partial charge is 0.338 e. The van der Waals surface area contributed by atoms with E-state index in [0.29, 0.717) is 11.7 Å². The lowest BCUT2D eigenvalue weighted by atomic mass is 9.95. The number of carboxylic acid groups (broad SMARTS) is 1. The Bertz CT molecular complexity index is 490. The van der Waals surface area contributed by atoms with Crippen LogP contribution in [-0.2, 0) is 0 Å². The standard InChI is InChI=1S/C17H24FNO2/c1-2-4-12-5-3-6-13(8-7-12)19-14-9-10-16(18)15(11-14)17(20)21/h9-13,19H,2-8H2,1H3,(H,20,21). The quantitative estimate of drug-likeness (QED) is 0.775. The Kier molecular flexibility index (Phi) is 5.59. The van der Waals surface area contributed by atoms with Crippen LogP contribution in [0.25, 0.3) is 0 Å². The zero-order chi connectivity index (χ0) is 15.2. The fourth-order valence-corrected chi connectivity index (χ4v) is 3.23. The SMILES string of the molecule is CCCC1CCCC(Nc2ccc(F)c(C(=O)O)c2)CC1. The maximum Gasteiger partial charge on any atom is 0.338 e. The highest BCUT2D eigenvalue weighted by atomic mass is 19.1. The van der Waals surface area contributed by atoms with E-state index in [0.717, 1.165) is 18.8 Å². The van der Waals surface area contributed by atoms with Gasteiger partial charge in [-0.05, 0) is 43.4 Å². The summed E-state index contributed by atoms with van der Waals surface area (Å²) >= 11 is 0. The Balaban J connectivity index is 1.98. The van der Waals surface area contributed by atoms with Crippen LogP contribution in [0.3, 0.4) is 0 Å². The fourth-order valence-electron chi connectivity index (χ4n) is 3.23. The van der Waals surface area contributed by atoms with Crippen LogP contribution in [0.1, 0.15) is 62.2 Å². The molecule has 21 heavy (non-hydrogen) atoms. The highest BCUT2D eigenvalue weighted by molar-refractivity contribution is 5.89. The van der Waals surface area contributed by atoms with E-state index in [9.17, 15) is 9.18 Å². The van der Waals surface area contributed by atoms with Crippen molar-refractivity contribution in [2.24, 2.45) is 5.92 Å². The number of aromatic carboxylic acids is 1. The van der Waals surface area contributed by atoms with Gasteiger partial charge in [0, 0.05) is 11.7 Å². The van der Waals surface area contributed by atoms with E-state index in [1.54, 1.807) is 6.07 Å². The minimum Gasteiger partial charge on any atom is -0.478 e. The number of hydrogen-bond donors (Lipinski definition) is 2. The van der Waals surface area contributed by atoms with Crippen LogP contribution in [0.4, 0.5) is 10.1 Å². The Labute approximate surface area is 125 Å². The second-order valence-electron chi connectivity index (χ2n) is 6.00. The van der Waals surface area contributed by atoms with Gasteiger partial charge in [-0.2, -0.15) is 0 Å². The van der Waals surface area contributed by atoms with E-state index in [4.69, 9.17) is 5.11 Å². The van der Waals surface area contributed by atoms with E-state index in [-0.39, 0.29) is 5.56 Å². The second-order valence-corrected chi connectivity index (χ2v) is 6.00. The van der Waals surface area contributed by atoms with Gasteiger partial charge in [-0.25, -0.2) is 9.18 Å². The minimum absolute atomic E-state index is 0.266. The summed E-state index contributed by atoms with van der Waals surface area (Å²) in [5.74, 6) is -1.08. The van der Waals surface area contributed by atoms with Gasteiger partial charge >= 0.3 is 5.97 Å².